The van der Waals surface area contributed by atoms with Crippen molar-refractivity contribution in [1.29, 1.82) is 0 Å². The fourth-order valence-electron chi connectivity index (χ4n) is 3.87. The van der Waals surface area contributed by atoms with Gasteiger partial charge in [-0.05, 0) is 67.9 Å². The summed E-state index contributed by atoms with van der Waals surface area (Å²) in [4.78, 5) is 17.1. The van der Waals surface area contributed by atoms with Crippen LogP contribution < -0.4 is 4.90 Å². The highest BCUT2D eigenvalue weighted by Crippen LogP contribution is 2.32. The molecule has 2 aliphatic heterocycles. The van der Waals surface area contributed by atoms with Crippen LogP contribution in [0, 0.1) is 0 Å². The van der Waals surface area contributed by atoms with Gasteiger partial charge in [-0.15, -0.1) is 0 Å². The number of anilines is 1. The Bertz CT molecular complexity index is 1020. The quantitative estimate of drug-likeness (QED) is 0.746. The first-order chi connectivity index (χ1) is 13.9. The fraction of sp³-hybridized carbons (Fsp3) is 0.381. The molecule has 2 heterocycles. The van der Waals surface area contributed by atoms with Crippen LogP contribution in [0.2, 0.25) is 5.02 Å². The molecule has 29 heavy (non-hydrogen) atoms. The van der Waals surface area contributed by atoms with Gasteiger partial charge in [-0.1, -0.05) is 11.6 Å². The number of halogens is 1. The van der Waals surface area contributed by atoms with Gasteiger partial charge in [0.05, 0.1) is 4.90 Å². The van der Waals surface area contributed by atoms with Crippen LogP contribution in [-0.4, -0.2) is 63.3 Å². The van der Waals surface area contributed by atoms with E-state index in [1.807, 2.05) is 7.05 Å². The van der Waals surface area contributed by atoms with Crippen molar-refractivity contribution in [3.05, 3.63) is 58.6 Å². The van der Waals surface area contributed by atoms with E-state index in [0.717, 1.165) is 37.2 Å². The third kappa shape index (κ3) is 4.05. The second-order valence-electron chi connectivity index (χ2n) is 7.57. The summed E-state index contributed by atoms with van der Waals surface area (Å²) < 4.78 is 27.7. The topological polar surface area (TPSA) is 60.9 Å². The van der Waals surface area contributed by atoms with Crippen LogP contribution in [0.15, 0.2) is 47.4 Å². The van der Waals surface area contributed by atoms with E-state index < -0.39 is 10.0 Å². The molecule has 1 fully saturated rings. The van der Waals surface area contributed by atoms with E-state index in [-0.39, 0.29) is 5.91 Å². The molecule has 0 spiro atoms. The summed E-state index contributed by atoms with van der Waals surface area (Å²) in [7, 11) is -1.53. The Morgan fingerprint density at radius 1 is 0.966 bits per heavy atom. The van der Waals surface area contributed by atoms with Crippen molar-refractivity contribution in [1.82, 2.24) is 9.21 Å². The zero-order valence-electron chi connectivity index (χ0n) is 16.3. The first-order valence-corrected chi connectivity index (χ1v) is 11.6. The molecule has 0 aliphatic carbocycles. The van der Waals surface area contributed by atoms with Crippen LogP contribution in [0.25, 0.3) is 0 Å². The SMILES string of the molecule is CN1CCN(S(=O)(=O)c2ccc3c(c2)CCCN3C(=O)c2ccc(Cl)cc2)CC1. The Labute approximate surface area is 176 Å². The van der Waals surface area contributed by atoms with Crippen LogP contribution in [0.4, 0.5) is 5.69 Å². The lowest BCUT2D eigenvalue weighted by Crippen LogP contribution is -2.47. The Morgan fingerprint density at radius 3 is 2.34 bits per heavy atom. The molecule has 0 atom stereocenters. The maximum atomic E-state index is 13.1. The number of carbonyl (C=O) groups is 1. The second kappa shape index (κ2) is 8.07. The molecular weight excluding hydrogens is 410 g/mol. The molecule has 154 valence electrons. The molecule has 2 aliphatic rings. The van der Waals surface area contributed by atoms with Crippen LogP contribution in [0.3, 0.4) is 0 Å². The number of carbonyl (C=O) groups excluding carboxylic acids is 1. The lowest BCUT2D eigenvalue weighted by atomic mass is 10.0. The predicted octanol–water partition coefficient (Wildman–Crippen LogP) is 2.87. The lowest BCUT2D eigenvalue weighted by Gasteiger charge is -2.33. The molecular formula is C21H24ClN3O3S. The van der Waals surface area contributed by atoms with E-state index in [1.54, 1.807) is 51.7 Å². The minimum atomic E-state index is -3.53. The summed E-state index contributed by atoms with van der Waals surface area (Å²) in [6.07, 6.45) is 1.55. The standard InChI is InChI=1S/C21H24ClN3O3S/c1-23-11-13-24(14-12-23)29(27,28)19-8-9-20-17(15-19)3-2-10-25(20)21(26)16-4-6-18(22)7-5-16/h4-9,15H,2-3,10-14H2,1H3. The molecule has 2 aromatic carbocycles. The first kappa shape index (κ1) is 20.3. The third-order valence-electron chi connectivity index (χ3n) is 5.61. The third-order valence-corrected chi connectivity index (χ3v) is 7.75. The number of benzene rings is 2. The molecule has 4 rings (SSSR count). The number of rotatable bonds is 3. The van der Waals surface area contributed by atoms with Gasteiger partial charge in [0.2, 0.25) is 10.0 Å². The van der Waals surface area contributed by atoms with Gasteiger partial charge in [0.15, 0.2) is 0 Å². The Kier molecular flexibility index (Phi) is 5.66. The number of hydrogen-bond acceptors (Lipinski definition) is 4. The highest BCUT2D eigenvalue weighted by atomic mass is 35.5. The highest BCUT2D eigenvalue weighted by molar-refractivity contribution is 7.89. The largest absolute Gasteiger partial charge is 0.308 e. The zero-order chi connectivity index (χ0) is 20.6. The number of fused-ring (bicyclic) bond motifs is 1. The minimum absolute atomic E-state index is 0.0997. The number of aryl methyl sites for hydroxylation is 1. The van der Waals surface area contributed by atoms with Gasteiger partial charge in [-0.2, -0.15) is 4.31 Å². The Morgan fingerprint density at radius 2 is 1.66 bits per heavy atom. The Balaban J connectivity index is 1.62. The molecule has 2 aromatic rings. The summed E-state index contributed by atoms with van der Waals surface area (Å²) in [5, 5.41) is 0.583. The summed E-state index contributed by atoms with van der Waals surface area (Å²) >= 11 is 5.93. The highest BCUT2D eigenvalue weighted by Gasteiger charge is 2.30. The summed E-state index contributed by atoms with van der Waals surface area (Å²) in [5.74, 6) is -0.0997. The number of piperazine rings is 1. The lowest BCUT2D eigenvalue weighted by molar-refractivity contribution is 0.0985. The summed E-state index contributed by atoms with van der Waals surface area (Å²) in [6, 6.07) is 12.0. The molecule has 1 amide bonds. The normalized spacial score (nSPS) is 18.5. The van der Waals surface area contributed by atoms with Crippen LogP contribution in [-0.2, 0) is 16.4 Å². The number of nitrogens with zero attached hydrogens (tertiary/aromatic N) is 3. The fourth-order valence-corrected chi connectivity index (χ4v) is 5.47. The molecule has 0 aromatic heterocycles. The predicted molar refractivity (Wildman–Crippen MR) is 114 cm³/mol. The van der Waals surface area contributed by atoms with Gasteiger partial charge < -0.3 is 9.80 Å². The van der Waals surface area contributed by atoms with Gasteiger partial charge in [0, 0.05) is 49.0 Å². The van der Waals surface area contributed by atoms with Crippen molar-refractivity contribution in [2.24, 2.45) is 0 Å². The van der Waals surface area contributed by atoms with E-state index in [2.05, 4.69) is 4.90 Å². The molecule has 0 unspecified atom stereocenters. The first-order valence-electron chi connectivity index (χ1n) is 9.75. The van der Waals surface area contributed by atoms with E-state index in [0.29, 0.717) is 35.1 Å². The maximum absolute atomic E-state index is 13.1. The molecule has 6 nitrogen and oxygen atoms in total. The van der Waals surface area contributed by atoms with Gasteiger partial charge in [0.25, 0.3) is 5.91 Å². The molecule has 8 heteroatoms. The molecule has 0 radical (unpaired) electrons. The maximum Gasteiger partial charge on any atom is 0.258 e. The Hall–Kier alpha value is -1.93. The van der Waals surface area contributed by atoms with E-state index >= 15 is 0 Å². The number of hydrogen-bond donors (Lipinski definition) is 0. The average Bonchev–Trinajstić information content (AvgIpc) is 2.73. The summed E-state index contributed by atoms with van der Waals surface area (Å²) in [5.41, 5.74) is 2.25. The average molecular weight is 434 g/mol. The number of amides is 1. The van der Waals surface area contributed by atoms with E-state index in [9.17, 15) is 13.2 Å². The molecule has 0 saturated carbocycles. The van der Waals surface area contributed by atoms with Crippen molar-refractivity contribution >= 4 is 33.2 Å². The van der Waals surface area contributed by atoms with Gasteiger partial charge in [-0.3, -0.25) is 4.79 Å². The van der Waals surface area contributed by atoms with Crippen LogP contribution >= 0.6 is 11.6 Å². The van der Waals surface area contributed by atoms with Crippen LogP contribution in [0.5, 0.6) is 0 Å². The smallest absolute Gasteiger partial charge is 0.258 e. The molecule has 0 bridgehead atoms. The molecule has 0 N–H and O–H groups in total. The van der Waals surface area contributed by atoms with Crippen molar-refractivity contribution in [2.45, 2.75) is 17.7 Å². The number of sulfonamides is 1. The van der Waals surface area contributed by atoms with Crippen molar-refractivity contribution < 1.29 is 13.2 Å². The van der Waals surface area contributed by atoms with Gasteiger partial charge in [0.1, 0.15) is 0 Å². The van der Waals surface area contributed by atoms with E-state index in [4.69, 9.17) is 11.6 Å². The second-order valence-corrected chi connectivity index (χ2v) is 9.94. The van der Waals surface area contributed by atoms with Gasteiger partial charge in [-0.25, -0.2) is 8.42 Å². The van der Waals surface area contributed by atoms with E-state index in [1.165, 1.54) is 0 Å². The number of likely N-dealkylation sites (N-methyl/N-ethyl adjacent to an activating group) is 1. The minimum Gasteiger partial charge on any atom is -0.308 e. The van der Waals surface area contributed by atoms with Crippen molar-refractivity contribution in [3.8, 4) is 0 Å². The zero-order valence-corrected chi connectivity index (χ0v) is 17.9. The molecule has 1 saturated heterocycles. The summed E-state index contributed by atoms with van der Waals surface area (Å²) in [6.45, 7) is 3.06. The van der Waals surface area contributed by atoms with Crippen molar-refractivity contribution in [3.63, 3.8) is 0 Å². The monoisotopic (exact) mass is 433 g/mol. The van der Waals surface area contributed by atoms with Crippen LogP contribution in [0.1, 0.15) is 22.3 Å². The van der Waals surface area contributed by atoms with Gasteiger partial charge >= 0.3 is 0 Å². The van der Waals surface area contributed by atoms with Crippen molar-refractivity contribution in [2.75, 3.05) is 44.7 Å².